The first-order valence-corrected chi connectivity index (χ1v) is 6.60. The van der Waals surface area contributed by atoms with Crippen LogP contribution in [-0.4, -0.2) is 40.7 Å². The number of nitrogens with zero attached hydrogens (tertiary/aromatic N) is 3. The topological polar surface area (TPSA) is 78.3 Å². The monoisotopic (exact) mass is 264 g/mol. The van der Waals surface area contributed by atoms with E-state index in [9.17, 15) is 4.79 Å². The highest BCUT2D eigenvalue weighted by atomic mass is 16.4. The Morgan fingerprint density at radius 3 is 2.84 bits per heavy atom. The van der Waals surface area contributed by atoms with Gasteiger partial charge in [-0.2, -0.15) is 0 Å². The minimum absolute atomic E-state index is 0.0802. The van der Waals surface area contributed by atoms with Crippen molar-refractivity contribution in [2.45, 2.75) is 38.6 Å². The van der Waals surface area contributed by atoms with Crippen LogP contribution in [0.1, 0.15) is 31.5 Å². The van der Waals surface area contributed by atoms with Crippen LogP contribution in [0.4, 0.5) is 11.6 Å². The highest BCUT2D eigenvalue weighted by Crippen LogP contribution is 2.27. The van der Waals surface area contributed by atoms with Crippen molar-refractivity contribution in [3.05, 3.63) is 11.9 Å². The maximum atomic E-state index is 10.5. The molecule has 0 aromatic carbocycles. The first-order valence-electron chi connectivity index (χ1n) is 6.60. The normalized spacial score (nSPS) is 14.8. The van der Waals surface area contributed by atoms with Crippen LogP contribution in [-0.2, 0) is 4.79 Å². The van der Waals surface area contributed by atoms with Crippen molar-refractivity contribution in [1.82, 2.24) is 9.97 Å². The van der Waals surface area contributed by atoms with Gasteiger partial charge in [-0.15, -0.1) is 0 Å². The molecular weight excluding hydrogens is 244 g/mol. The van der Waals surface area contributed by atoms with Crippen molar-refractivity contribution in [3.8, 4) is 0 Å². The third kappa shape index (κ3) is 3.56. The number of carbonyl (C=O) groups is 1. The Balaban J connectivity index is 2.03. The van der Waals surface area contributed by atoms with Gasteiger partial charge in [-0.3, -0.25) is 4.79 Å². The number of aryl methyl sites for hydroxylation is 1. The first kappa shape index (κ1) is 13.6. The summed E-state index contributed by atoms with van der Waals surface area (Å²) < 4.78 is 0. The van der Waals surface area contributed by atoms with E-state index in [0.29, 0.717) is 24.2 Å². The second-order valence-electron chi connectivity index (χ2n) is 4.92. The summed E-state index contributed by atoms with van der Waals surface area (Å²) >= 11 is 0. The van der Waals surface area contributed by atoms with Crippen molar-refractivity contribution >= 4 is 17.6 Å². The van der Waals surface area contributed by atoms with Crippen LogP contribution in [0.25, 0.3) is 0 Å². The van der Waals surface area contributed by atoms with Crippen LogP contribution in [0, 0.1) is 6.92 Å². The lowest BCUT2D eigenvalue weighted by Crippen LogP contribution is -2.37. The Morgan fingerprint density at radius 2 is 2.26 bits per heavy atom. The van der Waals surface area contributed by atoms with E-state index < -0.39 is 5.97 Å². The largest absolute Gasteiger partial charge is 0.481 e. The predicted octanol–water partition coefficient (Wildman–Crippen LogP) is 1.66. The van der Waals surface area contributed by atoms with Gasteiger partial charge in [0.25, 0.3) is 0 Å². The fourth-order valence-corrected chi connectivity index (χ4v) is 2.08. The van der Waals surface area contributed by atoms with Crippen LogP contribution in [0.3, 0.4) is 0 Å². The van der Waals surface area contributed by atoms with E-state index in [-0.39, 0.29) is 6.42 Å². The summed E-state index contributed by atoms with van der Waals surface area (Å²) in [6.45, 7) is 2.22. The summed E-state index contributed by atoms with van der Waals surface area (Å²) in [7, 11) is 2.05. The van der Waals surface area contributed by atoms with Crippen LogP contribution in [0.5, 0.6) is 0 Å². The average Bonchev–Trinajstić information content (AvgIpc) is 2.25. The molecule has 0 unspecified atom stereocenters. The molecule has 0 bridgehead atoms. The summed E-state index contributed by atoms with van der Waals surface area (Å²) in [5, 5.41) is 11.6. The molecule has 0 spiro atoms. The number of aromatic nitrogens is 2. The number of anilines is 2. The highest BCUT2D eigenvalue weighted by Gasteiger charge is 2.23. The van der Waals surface area contributed by atoms with Gasteiger partial charge < -0.3 is 15.3 Å². The Bertz CT molecular complexity index is 460. The molecule has 0 saturated heterocycles. The SMILES string of the molecule is Cc1nc(NCCC(=O)O)cc(N(C)C2CCC2)n1. The third-order valence-electron chi connectivity index (χ3n) is 3.45. The van der Waals surface area contributed by atoms with Gasteiger partial charge in [0.15, 0.2) is 0 Å². The molecule has 0 aliphatic heterocycles. The number of carboxylic acids is 1. The van der Waals surface area contributed by atoms with Crippen molar-refractivity contribution in [3.63, 3.8) is 0 Å². The van der Waals surface area contributed by atoms with Gasteiger partial charge >= 0.3 is 5.97 Å². The van der Waals surface area contributed by atoms with E-state index in [2.05, 4.69) is 20.2 Å². The quantitative estimate of drug-likeness (QED) is 0.813. The van der Waals surface area contributed by atoms with Gasteiger partial charge in [0.1, 0.15) is 17.5 Å². The minimum atomic E-state index is -0.815. The van der Waals surface area contributed by atoms with Crippen molar-refractivity contribution < 1.29 is 9.90 Å². The van der Waals surface area contributed by atoms with Gasteiger partial charge in [-0.25, -0.2) is 9.97 Å². The number of rotatable bonds is 6. The fourth-order valence-electron chi connectivity index (χ4n) is 2.08. The molecule has 1 aliphatic carbocycles. The van der Waals surface area contributed by atoms with Gasteiger partial charge in [0.2, 0.25) is 0 Å². The lowest BCUT2D eigenvalue weighted by molar-refractivity contribution is -0.136. The standard InChI is InChI=1S/C13H20N4O2/c1-9-15-11(14-7-6-13(18)19)8-12(16-9)17(2)10-4-3-5-10/h8,10H,3-7H2,1-2H3,(H,18,19)(H,14,15,16). The summed E-state index contributed by atoms with van der Waals surface area (Å²) in [5.74, 6) is 1.47. The Morgan fingerprint density at radius 1 is 1.53 bits per heavy atom. The molecule has 6 heteroatoms. The predicted molar refractivity (Wildman–Crippen MR) is 73.6 cm³/mol. The maximum absolute atomic E-state index is 10.5. The molecule has 104 valence electrons. The van der Waals surface area contributed by atoms with Gasteiger partial charge in [-0.05, 0) is 26.2 Å². The molecule has 1 fully saturated rings. The number of carboxylic acid groups (broad SMARTS) is 1. The zero-order valence-corrected chi connectivity index (χ0v) is 11.4. The van der Waals surface area contributed by atoms with Crippen LogP contribution >= 0.6 is 0 Å². The summed E-state index contributed by atoms with van der Waals surface area (Å²) in [5.41, 5.74) is 0. The van der Waals surface area contributed by atoms with E-state index in [4.69, 9.17) is 5.11 Å². The van der Waals surface area contributed by atoms with Crippen LogP contribution in [0.15, 0.2) is 6.07 Å². The lowest BCUT2D eigenvalue weighted by atomic mass is 9.92. The zero-order valence-electron chi connectivity index (χ0n) is 11.4. The third-order valence-corrected chi connectivity index (χ3v) is 3.45. The summed E-state index contributed by atoms with van der Waals surface area (Å²) in [6, 6.07) is 2.45. The lowest BCUT2D eigenvalue weighted by Gasteiger charge is -2.35. The average molecular weight is 264 g/mol. The van der Waals surface area contributed by atoms with Crippen molar-refractivity contribution in [2.24, 2.45) is 0 Å². The molecule has 1 saturated carbocycles. The molecule has 2 N–H and O–H groups in total. The smallest absolute Gasteiger partial charge is 0.305 e. The summed E-state index contributed by atoms with van der Waals surface area (Å²) in [6.07, 6.45) is 3.78. The highest BCUT2D eigenvalue weighted by molar-refractivity contribution is 5.67. The second-order valence-corrected chi connectivity index (χ2v) is 4.92. The molecule has 0 atom stereocenters. The Labute approximate surface area is 112 Å². The van der Waals surface area contributed by atoms with Crippen molar-refractivity contribution in [1.29, 1.82) is 0 Å². The molecule has 0 radical (unpaired) electrons. The number of aliphatic carboxylic acids is 1. The van der Waals surface area contributed by atoms with Crippen LogP contribution in [0.2, 0.25) is 0 Å². The molecule has 2 rings (SSSR count). The molecule has 0 amide bonds. The van der Waals surface area contributed by atoms with E-state index in [0.717, 1.165) is 5.82 Å². The zero-order chi connectivity index (χ0) is 13.8. The number of nitrogens with one attached hydrogen (secondary N) is 1. The van der Waals surface area contributed by atoms with Crippen molar-refractivity contribution in [2.75, 3.05) is 23.8 Å². The fraction of sp³-hybridized carbons (Fsp3) is 0.615. The Kier molecular flexibility index (Phi) is 4.19. The van der Waals surface area contributed by atoms with E-state index in [1.165, 1.54) is 19.3 Å². The van der Waals surface area contributed by atoms with Gasteiger partial charge in [0.05, 0.1) is 6.42 Å². The molecule has 1 aromatic heterocycles. The number of hydrogen-bond acceptors (Lipinski definition) is 5. The van der Waals surface area contributed by atoms with E-state index >= 15 is 0 Å². The molecule has 1 aromatic rings. The molecular formula is C13H20N4O2. The molecule has 6 nitrogen and oxygen atoms in total. The molecule has 1 heterocycles. The van der Waals surface area contributed by atoms with Crippen LogP contribution < -0.4 is 10.2 Å². The summed E-state index contributed by atoms with van der Waals surface area (Å²) in [4.78, 5) is 21.4. The van der Waals surface area contributed by atoms with E-state index in [1.54, 1.807) is 0 Å². The minimum Gasteiger partial charge on any atom is -0.481 e. The van der Waals surface area contributed by atoms with Gasteiger partial charge in [0, 0.05) is 25.7 Å². The van der Waals surface area contributed by atoms with Gasteiger partial charge in [-0.1, -0.05) is 0 Å². The molecule has 1 aliphatic rings. The number of hydrogen-bond donors (Lipinski definition) is 2. The first-order chi connectivity index (χ1) is 9.06. The second kappa shape index (κ2) is 5.86. The molecule has 19 heavy (non-hydrogen) atoms. The Hall–Kier alpha value is -1.85. The maximum Gasteiger partial charge on any atom is 0.305 e. The van der Waals surface area contributed by atoms with E-state index in [1.807, 2.05) is 20.0 Å².